The van der Waals surface area contributed by atoms with E-state index in [9.17, 15) is 0 Å². The van der Waals surface area contributed by atoms with Crippen molar-refractivity contribution in [3.63, 3.8) is 0 Å². The molecule has 0 radical (unpaired) electrons. The highest BCUT2D eigenvalue weighted by Gasteiger charge is 2.16. The number of benzene rings is 1. The first-order valence-corrected chi connectivity index (χ1v) is 6.46. The molecular weight excluding hydrogens is 240 g/mol. The van der Waals surface area contributed by atoms with Crippen molar-refractivity contribution >= 4 is 22.9 Å². The molecule has 0 fully saturated rings. The molecule has 1 aromatic heterocycles. The Kier molecular flexibility index (Phi) is 3.56. The van der Waals surface area contributed by atoms with E-state index in [0.717, 1.165) is 15.6 Å². The van der Waals surface area contributed by atoms with Gasteiger partial charge in [0.05, 0.1) is 0 Å². The van der Waals surface area contributed by atoms with Crippen LogP contribution in [0.1, 0.15) is 40.7 Å². The number of hydrogen-bond acceptors (Lipinski definition) is 3. The second-order valence-corrected chi connectivity index (χ2v) is 5.38. The Morgan fingerprint density at radius 3 is 2.25 bits per heavy atom. The van der Waals surface area contributed by atoms with E-state index in [1.165, 1.54) is 0 Å². The van der Waals surface area contributed by atoms with Crippen molar-refractivity contribution < 1.29 is 0 Å². The smallest absolute Gasteiger partial charge is 0.139 e. The Morgan fingerprint density at radius 1 is 1.06 bits per heavy atom. The Morgan fingerprint density at radius 2 is 1.69 bits per heavy atom. The fourth-order valence-corrected chi connectivity index (χ4v) is 2.52. The number of hydrogen-bond donors (Lipinski definition) is 0. The van der Waals surface area contributed by atoms with Crippen LogP contribution in [0.3, 0.4) is 0 Å². The van der Waals surface area contributed by atoms with Gasteiger partial charge in [-0.1, -0.05) is 55.5 Å². The Hall–Kier alpha value is -0.930. The van der Waals surface area contributed by atoms with Crippen LogP contribution in [0.25, 0.3) is 0 Å². The summed E-state index contributed by atoms with van der Waals surface area (Å²) in [5.41, 5.74) is 1.07. The van der Waals surface area contributed by atoms with Gasteiger partial charge >= 0.3 is 0 Å². The standard InChI is InChI=1S/C12H13ClN2S/c1-8(2)11-14-15-12(16-11)10(13)9-6-4-3-5-7-9/h3-8,10H,1-2H3. The van der Waals surface area contributed by atoms with Gasteiger partial charge in [0.15, 0.2) is 0 Å². The van der Waals surface area contributed by atoms with E-state index in [4.69, 9.17) is 11.6 Å². The van der Waals surface area contributed by atoms with Gasteiger partial charge in [0.2, 0.25) is 0 Å². The third kappa shape index (κ3) is 2.42. The van der Waals surface area contributed by atoms with Crippen LogP contribution in [-0.4, -0.2) is 10.2 Å². The van der Waals surface area contributed by atoms with Crippen molar-refractivity contribution in [2.45, 2.75) is 25.1 Å². The van der Waals surface area contributed by atoms with Gasteiger partial charge in [-0.3, -0.25) is 0 Å². The molecule has 1 aromatic carbocycles. The maximum Gasteiger partial charge on any atom is 0.139 e. The summed E-state index contributed by atoms with van der Waals surface area (Å²) in [4.78, 5) is 0. The molecule has 2 aromatic rings. The first-order chi connectivity index (χ1) is 7.68. The lowest BCUT2D eigenvalue weighted by atomic mass is 10.1. The Balaban J connectivity index is 2.24. The molecule has 1 unspecified atom stereocenters. The molecule has 0 N–H and O–H groups in total. The average molecular weight is 253 g/mol. The number of alkyl halides is 1. The minimum atomic E-state index is -0.189. The van der Waals surface area contributed by atoms with Crippen molar-refractivity contribution in [2.75, 3.05) is 0 Å². The highest BCUT2D eigenvalue weighted by molar-refractivity contribution is 7.11. The third-order valence-corrected chi connectivity index (χ3v) is 4.14. The van der Waals surface area contributed by atoms with E-state index in [-0.39, 0.29) is 5.38 Å². The van der Waals surface area contributed by atoms with E-state index >= 15 is 0 Å². The summed E-state index contributed by atoms with van der Waals surface area (Å²) in [5.74, 6) is 0.408. The Bertz CT molecular complexity index is 453. The molecular formula is C12H13ClN2S. The molecule has 0 aliphatic rings. The molecule has 0 aliphatic heterocycles. The summed E-state index contributed by atoms with van der Waals surface area (Å²) < 4.78 is 0. The molecule has 16 heavy (non-hydrogen) atoms. The number of rotatable bonds is 3. The first-order valence-electron chi connectivity index (χ1n) is 5.21. The third-order valence-electron chi connectivity index (χ3n) is 2.26. The maximum absolute atomic E-state index is 6.36. The summed E-state index contributed by atoms with van der Waals surface area (Å²) >= 11 is 7.95. The maximum atomic E-state index is 6.36. The largest absolute Gasteiger partial charge is 0.143 e. The molecule has 0 aliphatic carbocycles. The highest BCUT2D eigenvalue weighted by atomic mass is 35.5. The van der Waals surface area contributed by atoms with Gasteiger partial charge in [0.25, 0.3) is 0 Å². The molecule has 0 bridgehead atoms. The van der Waals surface area contributed by atoms with Gasteiger partial charge in [-0.25, -0.2) is 0 Å². The van der Waals surface area contributed by atoms with Crippen molar-refractivity contribution in [1.82, 2.24) is 10.2 Å². The fraction of sp³-hybridized carbons (Fsp3) is 0.333. The summed E-state index contributed by atoms with van der Waals surface area (Å²) in [7, 11) is 0. The van der Waals surface area contributed by atoms with Gasteiger partial charge in [0, 0.05) is 5.92 Å². The molecule has 2 nitrogen and oxygen atoms in total. The fourth-order valence-electron chi connectivity index (χ4n) is 1.35. The lowest BCUT2D eigenvalue weighted by molar-refractivity contribution is 0.818. The predicted octanol–water partition coefficient (Wildman–Crippen LogP) is 3.99. The number of aromatic nitrogens is 2. The second-order valence-electron chi connectivity index (χ2n) is 3.91. The van der Waals surface area contributed by atoms with Crippen LogP contribution in [0, 0.1) is 0 Å². The van der Waals surface area contributed by atoms with Crippen molar-refractivity contribution in [1.29, 1.82) is 0 Å². The zero-order valence-corrected chi connectivity index (χ0v) is 10.8. The summed E-state index contributed by atoms with van der Waals surface area (Å²) in [5, 5.41) is 10.0. The topological polar surface area (TPSA) is 25.8 Å². The van der Waals surface area contributed by atoms with Gasteiger partial charge < -0.3 is 0 Å². The quantitative estimate of drug-likeness (QED) is 0.772. The number of nitrogens with zero attached hydrogens (tertiary/aromatic N) is 2. The predicted molar refractivity (Wildman–Crippen MR) is 68.1 cm³/mol. The second kappa shape index (κ2) is 4.93. The highest BCUT2D eigenvalue weighted by Crippen LogP contribution is 2.32. The molecule has 1 atom stereocenters. The van der Waals surface area contributed by atoms with E-state index in [0.29, 0.717) is 5.92 Å². The molecule has 0 saturated heterocycles. The molecule has 84 valence electrons. The van der Waals surface area contributed by atoms with E-state index in [2.05, 4.69) is 24.0 Å². The summed E-state index contributed by atoms with van der Waals surface area (Å²) in [6.07, 6.45) is 0. The van der Waals surface area contributed by atoms with E-state index < -0.39 is 0 Å². The molecule has 1 heterocycles. The lowest BCUT2D eigenvalue weighted by Gasteiger charge is -2.04. The van der Waals surface area contributed by atoms with Crippen LogP contribution in [0.15, 0.2) is 30.3 Å². The van der Waals surface area contributed by atoms with Crippen LogP contribution in [-0.2, 0) is 0 Å². The first kappa shape index (κ1) is 11.6. The summed E-state index contributed by atoms with van der Waals surface area (Å²) in [6, 6.07) is 9.96. The van der Waals surface area contributed by atoms with Crippen LogP contribution in [0.2, 0.25) is 0 Å². The summed E-state index contributed by atoms with van der Waals surface area (Å²) in [6.45, 7) is 4.21. The normalized spacial score (nSPS) is 13.0. The van der Waals surface area contributed by atoms with Crippen molar-refractivity contribution in [2.24, 2.45) is 0 Å². The van der Waals surface area contributed by atoms with E-state index in [1.54, 1.807) is 11.3 Å². The SMILES string of the molecule is CC(C)c1nnc(C(Cl)c2ccccc2)s1. The van der Waals surface area contributed by atoms with Crippen LogP contribution in [0.5, 0.6) is 0 Å². The minimum Gasteiger partial charge on any atom is -0.143 e. The van der Waals surface area contributed by atoms with Crippen molar-refractivity contribution in [3.8, 4) is 0 Å². The van der Waals surface area contributed by atoms with Crippen LogP contribution >= 0.6 is 22.9 Å². The average Bonchev–Trinajstić information content (AvgIpc) is 2.78. The van der Waals surface area contributed by atoms with Crippen molar-refractivity contribution in [3.05, 3.63) is 45.9 Å². The lowest BCUT2D eigenvalue weighted by Crippen LogP contribution is -1.91. The zero-order valence-electron chi connectivity index (χ0n) is 9.22. The Labute approximate surface area is 104 Å². The van der Waals surface area contributed by atoms with E-state index in [1.807, 2.05) is 30.3 Å². The van der Waals surface area contributed by atoms with Gasteiger partial charge in [-0.2, -0.15) is 0 Å². The minimum absolute atomic E-state index is 0.189. The molecule has 0 saturated carbocycles. The van der Waals surface area contributed by atoms with Gasteiger partial charge in [-0.05, 0) is 5.56 Å². The molecule has 0 amide bonds. The van der Waals surface area contributed by atoms with Crippen LogP contribution in [0.4, 0.5) is 0 Å². The zero-order chi connectivity index (χ0) is 11.5. The number of halogens is 1. The van der Waals surface area contributed by atoms with Gasteiger partial charge in [0.1, 0.15) is 15.4 Å². The van der Waals surface area contributed by atoms with Crippen LogP contribution < -0.4 is 0 Å². The molecule has 4 heteroatoms. The molecule has 0 spiro atoms. The monoisotopic (exact) mass is 252 g/mol. The molecule has 2 rings (SSSR count). The van der Waals surface area contributed by atoms with Gasteiger partial charge in [-0.15, -0.1) is 21.8 Å².